The van der Waals surface area contributed by atoms with Gasteiger partial charge in [0.05, 0.1) is 18.3 Å². The molecule has 1 N–H and O–H groups in total. The van der Waals surface area contributed by atoms with Crippen LogP contribution in [-0.4, -0.2) is 39.9 Å². The molecule has 0 aliphatic heterocycles. The minimum absolute atomic E-state index is 0.133. The van der Waals surface area contributed by atoms with E-state index in [2.05, 4.69) is 29.2 Å². The van der Waals surface area contributed by atoms with Crippen LogP contribution < -0.4 is 10.1 Å². The summed E-state index contributed by atoms with van der Waals surface area (Å²) in [6.07, 6.45) is 1.36. The molecule has 2 heterocycles. The van der Waals surface area contributed by atoms with Crippen LogP contribution in [0.15, 0.2) is 60.8 Å². The number of ether oxygens (including phenoxy) is 2. The van der Waals surface area contributed by atoms with Gasteiger partial charge < -0.3 is 14.8 Å². The minimum Gasteiger partial charge on any atom is -0.483 e. The van der Waals surface area contributed by atoms with Gasteiger partial charge >= 0.3 is 5.97 Å². The predicted molar refractivity (Wildman–Crippen MR) is 134 cm³/mol. The van der Waals surface area contributed by atoms with Crippen molar-refractivity contribution < 1.29 is 19.1 Å². The number of nitrogens with zero attached hydrogens (tertiary/aromatic N) is 3. The van der Waals surface area contributed by atoms with E-state index in [0.717, 1.165) is 22.0 Å². The number of rotatable bonds is 8. The SMILES string of the molecule is CCOC(=O)c1cnn(-c2ccc3ccccc3n2)c1NC(=O)COc1cc(C)ccc1C(C)C. The molecule has 8 nitrogen and oxygen atoms in total. The molecule has 8 heteroatoms. The molecule has 35 heavy (non-hydrogen) atoms. The van der Waals surface area contributed by atoms with E-state index in [1.54, 1.807) is 13.0 Å². The number of anilines is 1. The van der Waals surface area contributed by atoms with E-state index in [1.807, 2.05) is 55.5 Å². The van der Waals surface area contributed by atoms with E-state index < -0.39 is 11.9 Å². The van der Waals surface area contributed by atoms with Gasteiger partial charge in [0.2, 0.25) is 0 Å². The van der Waals surface area contributed by atoms with Crippen LogP contribution in [0.4, 0.5) is 5.82 Å². The number of benzene rings is 2. The summed E-state index contributed by atoms with van der Waals surface area (Å²) in [6.45, 7) is 7.78. The molecule has 4 rings (SSSR count). The van der Waals surface area contributed by atoms with Gasteiger partial charge in [-0.3, -0.25) is 4.79 Å². The Balaban J connectivity index is 1.62. The predicted octanol–water partition coefficient (Wildman–Crippen LogP) is 5.05. The highest BCUT2D eigenvalue weighted by atomic mass is 16.5. The van der Waals surface area contributed by atoms with Crippen LogP contribution in [0.25, 0.3) is 16.7 Å². The summed E-state index contributed by atoms with van der Waals surface area (Å²) in [6, 6.07) is 17.3. The first-order valence-corrected chi connectivity index (χ1v) is 11.5. The van der Waals surface area contributed by atoms with E-state index in [4.69, 9.17) is 9.47 Å². The number of carbonyl (C=O) groups is 2. The summed E-state index contributed by atoms with van der Waals surface area (Å²) in [5.74, 6) is 0.505. The number of para-hydroxylation sites is 1. The molecule has 0 atom stereocenters. The fourth-order valence-electron chi connectivity index (χ4n) is 3.73. The number of esters is 1. The average molecular weight is 473 g/mol. The van der Waals surface area contributed by atoms with Crippen molar-refractivity contribution in [1.29, 1.82) is 0 Å². The maximum Gasteiger partial charge on any atom is 0.343 e. The van der Waals surface area contributed by atoms with Gasteiger partial charge in [-0.15, -0.1) is 0 Å². The number of aromatic nitrogens is 3. The Morgan fingerprint density at radius 2 is 1.89 bits per heavy atom. The molecule has 1 amide bonds. The number of fused-ring (bicyclic) bond motifs is 1. The maximum atomic E-state index is 12.9. The Morgan fingerprint density at radius 3 is 2.66 bits per heavy atom. The van der Waals surface area contributed by atoms with Gasteiger partial charge in [0, 0.05) is 5.39 Å². The molecule has 0 saturated carbocycles. The Bertz CT molecular complexity index is 1380. The van der Waals surface area contributed by atoms with Crippen LogP contribution in [0, 0.1) is 6.92 Å². The molecular formula is C27H28N4O4. The molecule has 0 spiro atoms. The average Bonchev–Trinajstić information content (AvgIpc) is 3.26. The van der Waals surface area contributed by atoms with Gasteiger partial charge in [0.25, 0.3) is 5.91 Å². The van der Waals surface area contributed by atoms with Gasteiger partial charge in [-0.1, -0.05) is 44.2 Å². The molecule has 0 unspecified atom stereocenters. The third-order valence-corrected chi connectivity index (χ3v) is 5.47. The van der Waals surface area contributed by atoms with Crippen LogP contribution in [0.1, 0.15) is 48.2 Å². The first kappa shape index (κ1) is 23.9. The van der Waals surface area contributed by atoms with E-state index in [-0.39, 0.29) is 30.5 Å². The molecule has 0 saturated heterocycles. The van der Waals surface area contributed by atoms with E-state index in [1.165, 1.54) is 10.9 Å². The molecule has 2 aromatic heterocycles. The first-order valence-electron chi connectivity index (χ1n) is 11.5. The summed E-state index contributed by atoms with van der Waals surface area (Å²) in [5.41, 5.74) is 2.95. The van der Waals surface area contributed by atoms with E-state index in [0.29, 0.717) is 11.6 Å². The maximum absolute atomic E-state index is 12.9. The quantitative estimate of drug-likeness (QED) is 0.361. The summed E-state index contributed by atoms with van der Waals surface area (Å²) < 4.78 is 12.4. The number of aryl methyl sites for hydroxylation is 1. The lowest BCUT2D eigenvalue weighted by Crippen LogP contribution is -2.24. The Kier molecular flexibility index (Phi) is 7.10. The van der Waals surface area contributed by atoms with Crippen molar-refractivity contribution in [2.24, 2.45) is 0 Å². The monoisotopic (exact) mass is 472 g/mol. The zero-order chi connectivity index (χ0) is 24.9. The number of nitrogens with one attached hydrogen (secondary N) is 1. The number of hydrogen-bond acceptors (Lipinski definition) is 6. The largest absolute Gasteiger partial charge is 0.483 e. The zero-order valence-electron chi connectivity index (χ0n) is 20.2. The van der Waals surface area contributed by atoms with Crippen LogP contribution in [-0.2, 0) is 9.53 Å². The fourth-order valence-corrected chi connectivity index (χ4v) is 3.73. The van der Waals surface area contributed by atoms with E-state index in [9.17, 15) is 9.59 Å². The number of pyridine rings is 1. The molecule has 0 aliphatic rings. The van der Waals surface area contributed by atoms with Crippen LogP contribution in [0.5, 0.6) is 5.75 Å². The topological polar surface area (TPSA) is 95.3 Å². The number of amides is 1. The molecule has 180 valence electrons. The molecule has 0 radical (unpaired) electrons. The third-order valence-electron chi connectivity index (χ3n) is 5.47. The highest BCUT2D eigenvalue weighted by molar-refractivity contribution is 6.01. The van der Waals surface area contributed by atoms with Crippen molar-refractivity contribution in [1.82, 2.24) is 14.8 Å². The molecule has 4 aromatic rings. The molecule has 0 bridgehead atoms. The van der Waals surface area contributed by atoms with Gasteiger partial charge in [0.1, 0.15) is 11.3 Å². The number of carbonyl (C=O) groups excluding carboxylic acids is 2. The molecule has 0 aliphatic carbocycles. The lowest BCUT2D eigenvalue weighted by molar-refractivity contribution is -0.118. The van der Waals surface area contributed by atoms with Crippen molar-refractivity contribution in [2.45, 2.75) is 33.6 Å². The van der Waals surface area contributed by atoms with Gasteiger partial charge in [-0.25, -0.2) is 9.78 Å². The summed E-state index contributed by atoms with van der Waals surface area (Å²) in [7, 11) is 0. The summed E-state index contributed by atoms with van der Waals surface area (Å²) >= 11 is 0. The molecule has 2 aromatic carbocycles. The third kappa shape index (κ3) is 5.32. The van der Waals surface area contributed by atoms with Gasteiger partial charge in [0.15, 0.2) is 18.2 Å². The minimum atomic E-state index is -0.587. The van der Waals surface area contributed by atoms with Crippen molar-refractivity contribution in [3.63, 3.8) is 0 Å². The summed E-state index contributed by atoms with van der Waals surface area (Å²) in [4.78, 5) is 30.1. The van der Waals surface area contributed by atoms with Crippen LogP contribution in [0.2, 0.25) is 0 Å². The molecular weight excluding hydrogens is 444 g/mol. The Labute approximate surface area is 203 Å². The molecule has 0 fully saturated rings. The highest BCUT2D eigenvalue weighted by Gasteiger charge is 2.22. The van der Waals surface area contributed by atoms with Crippen molar-refractivity contribution in [3.8, 4) is 11.6 Å². The second kappa shape index (κ2) is 10.4. The van der Waals surface area contributed by atoms with Crippen molar-refractivity contribution >= 4 is 28.6 Å². The normalized spacial score (nSPS) is 11.0. The van der Waals surface area contributed by atoms with Crippen LogP contribution in [0.3, 0.4) is 0 Å². The lowest BCUT2D eigenvalue weighted by Gasteiger charge is -2.15. The van der Waals surface area contributed by atoms with Crippen LogP contribution >= 0.6 is 0 Å². The Hall–Kier alpha value is -4.20. The standard InChI is InChI=1S/C27H28N4O4/c1-5-34-27(33)21-15-28-31(24-13-11-19-8-6-7-9-22(19)29-24)26(21)30-25(32)16-35-23-14-18(4)10-12-20(23)17(2)3/h6-15,17H,5,16H2,1-4H3,(H,30,32). The number of hydrogen-bond donors (Lipinski definition) is 1. The van der Waals surface area contributed by atoms with Gasteiger partial charge in [-0.2, -0.15) is 9.78 Å². The first-order chi connectivity index (χ1) is 16.9. The van der Waals surface area contributed by atoms with E-state index >= 15 is 0 Å². The van der Waals surface area contributed by atoms with Crippen molar-refractivity contribution in [2.75, 3.05) is 18.5 Å². The van der Waals surface area contributed by atoms with Gasteiger partial charge in [-0.05, 0) is 55.2 Å². The second-order valence-corrected chi connectivity index (χ2v) is 8.43. The second-order valence-electron chi connectivity index (χ2n) is 8.43. The highest BCUT2D eigenvalue weighted by Crippen LogP contribution is 2.28. The zero-order valence-corrected chi connectivity index (χ0v) is 20.2. The smallest absolute Gasteiger partial charge is 0.343 e. The lowest BCUT2D eigenvalue weighted by atomic mass is 10.0. The Morgan fingerprint density at radius 1 is 1.09 bits per heavy atom. The fraction of sp³-hybridized carbons (Fsp3) is 0.259. The van der Waals surface area contributed by atoms with Crippen molar-refractivity contribution in [3.05, 3.63) is 77.5 Å². The summed E-state index contributed by atoms with van der Waals surface area (Å²) in [5, 5.41) is 8.05.